The normalized spacial score (nSPS) is 12.5. The molecule has 0 spiro atoms. The molecule has 0 aromatic heterocycles. The van der Waals surface area contributed by atoms with Crippen molar-refractivity contribution in [2.24, 2.45) is 0 Å². The maximum atomic E-state index is 12.2. The molecule has 2 aromatic rings. The fourth-order valence-electron chi connectivity index (χ4n) is 1.70. The van der Waals surface area contributed by atoms with Crippen LogP contribution in [0.4, 0.5) is 5.69 Å². The van der Waals surface area contributed by atoms with Crippen LogP contribution in [0.15, 0.2) is 60.7 Å². The molecule has 6 heteroatoms. The van der Waals surface area contributed by atoms with Gasteiger partial charge >= 0.3 is 0 Å². The molecule has 1 amide bonds. The predicted molar refractivity (Wildman–Crippen MR) is 88.1 cm³/mol. The van der Waals surface area contributed by atoms with Gasteiger partial charge in [0.25, 0.3) is 5.91 Å². The average Bonchev–Trinajstić information content (AvgIpc) is 2.47. The number of anilines is 1. The Kier molecular flexibility index (Phi) is 5.34. The Morgan fingerprint density at radius 2 is 1.43 bits per heavy atom. The molecular formula is C15H13Cl3N2O. The van der Waals surface area contributed by atoms with Gasteiger partial charge in [0.15, 0.2) is 0 Å². The Morgan fingerprint density at radius 3 is 1.95 bits per heavy atom. The number of hydrogen-bond donors (Lipinski definition) is 2. The number of rotatable bonds is 4. The summed E-state index contributed by atoms with van der Waals surface area (Å²) >= 11 is 17.8. The third kappa shape index (κ3) is 4.81. The van der Waals surface area contributed by atoms with Crippen LogP contribution in [0.25, 0.3) is 0 Å². The van der Waals surface area contributed by atoms with Gasteiger partial charge in [-0.3, -0.25) is 4.79 Å². The van der Waals surface area contributed by atoms with E-state index in [9.17, 15) is 4.79 Å². The number of carbonyl (C=O) groups excluding carboxylic acids is 1. The zero-order valence-electron chi connectivity index (χ0n) is 10.9. The number of hydrogen-bond acceptors (Lipinski definition) is 2. The number of amides is 1. The molecular weight excluding hydrogens is 331 g/mol. The van der Waals surface area contributed by atoms with E-state index in [1.165, 1.54) is 0 Å². The smallest absolute Gasteiger partial charge is 0.252 e. The second kappa shape index (κ2) is 7.03. The van der Waals surface area contributed by atoms with Crippen molar-refractivity contribution in [3.05, 3.63) is 66.2 Å². The van der Waals surface area contributed by atoms with E-state index in [-0.39, 0.29) is 5.91 Å². The van der Waals surface area contributed by atoms with Gasteiger partial charge in [0.1, 0.15) is 6.17 Å². The topological polar surface area (TPSA) is 41.1 Å². The van der Waals surface area contributed by atoms with Crippen LogP contribution in [0.3, 0.4) is 0 Å². The molecule has 0 aliphatic rings. The van der Waals surface area contributed by atoms with Gasteiger partial charge in [-0.25, -0.2) is 0 Å². The SMILES string of the molecule is O=C(NC(Nc1ccccc1)C(Cl)(Cl)Cl)c1ccccc1. The van der Waals surface area contributed by atoms with Gasteiger partial charge in [-0.2, -0.15) is 0 Å². The maximum Gasteiger partial charge on any atom is 0.252 e. The molecule has 1 atom stereocenters. The summed E-state index contributed by atoms with van der Waals surface area (Å²) < 4.78 is -1.69. The fourth-order valence-corrected chi connectivity index (χ4v) is 2.03. The zero-order chi connectivity index (χ0) is 15.3. The lowest BCUT2D eigenvalue weighted by molar-refractivity contribution is 0.0942. The third-order valence-corrected chi connectivity index (χ3v) is 3.38. The predicted octanol–water partition coefficient (Wildman–Crippen LogP) is 4.22. The molecule has 110 valence electrons. The maximum absolute atomic E-state index is 12.2. The second-order valence-corrected chi connectivity index (χ2v) is 6.69. The lowest BCUT2D eigenvalue weighted by Crippen LogP contribution is -2.49. The van der Waals surface area contributed by atoms with E-state index in [4.69, 9.17) is 34.8 Å². The number of alkyl halides is 3. The van der Waals surface area contributed by atoms with E-state index in [1.807, 2.05) is 36.4 Å². The van der Waals surface area contributed by atoms with Gasteiger partial charge in [-0.05, 0) is 24.3 Å². The Morgan fingerprint density at radius 1 is 0.905 bits per heavy atom. The van der Waals surface area contributed by atoms with E-state index in [2.05, 4.69) is 10.6 Å². The van der Waals surface area contributed by atoms with Crippen molar-refractivity contribution in [1.29, 1.82) is 0 Å². The van der Waals surface area contributed by atoms with Crippen LogP contribution in [0, 0.1) is 0 Å². The Hall–Kier alpha value is -1.42. The van der Waals surface area contributed by atoms with Gasteiger partial charge in [0.05, 0.1) is 0 Å². The van der Waals surface area contributed by atoms with Crippen molar-refractivity contribution < 1.29 is 4.79 Å². The van der Waals surface area contributed by atoms with Crippen molar-refractivity contribution in [1.82, 2.24) is 5.32 Å². The molecule has 0 fully saturated rings. The van der Waals surface area contributed by atoms with Crippen molar-refractivity contribution >= 4 is 46.4 Å². The number of benzene rings is 2. The summed E-state index contributed by atoms with van der Waals surface area (Å²) in [5.41, 5.74) is 1.23. The molecule has 0 bridgehead atoms. The first-order valence-electron chi connectivity index (χ1n) is 6.21. The number of carbonyl (C=O) groups is 1. The molecule has 3 nitrogen and oxygen atoms in total. The van der Waals surface area contributed by atoms with Crippen LogP contribution < -0.4 is 10.6 Å². The molecule has 21 heavy (non-hydrogen) atoms. The molecule has 1 unspecified atom stereocenters. The van der Waals surface area contributed by atoms with E-state index in [0.717, 1.165) is 5.69 Å². The first-order chi connectivity index (χ1) is 9.97. The second-order valence-electron chi connectivity index (χ2n) is 4.32. The zero-order valence-corrected chi connectivity index (χ0v) is 13.2. The average molecular weight is 344 g/mol. The van der Waals surface area contributed by atoms with Gasteiger partial charge in [0.2, 0.25) is 3.79 Å². The molecule has 2 N–H and O–H groups in total. The van der Waals surface area contributed by atoms with E-state index >= 15 is 0 Å². The first kappa shape index (κ1) is 16.0. The van der Waals surface area contributed by atoms with Crippen LogP contribution in [-0.4, -0.2) is 15.9 Å². The van der Waals surface area contributed by atoms with E-state index in [1.54, 1.807) is 24.3 Å². The summed E-state index contributed by atoms with van der Waals surface area (Å²) in [6.45, 7) is 0. The first-order valence-corrected chi connectivity index (χ1v) is 7.34. The minimum Gasteiger partial charge on any atom is -0.362 e. The van der Waals surface area contributed by atoms with Gasteiger partial charge in [-0.1, -0.05) is 71.2 Å². The van der Waals surface area contributed by atoms with Crippen LogP contribution in [0.5, 0.6) is 0 Å². The number of halogens is 3. The number of para-hydroxylation sites is 1. The lowest BCUT2D eigenvalue weighted by Gasteiger charge is -2.27. The van der Waals surface area contributed by atoms with Crippen LogP contribution in [0.2, 0.25) is 0 Å². The van der Waals surface area contributed by atoms with Crippen LogP contribution >= 0.6 is 34.8 Å². The summed E-state index contributed by atoms with van der Waals surface area (Å²) in [4.78, 5) is 12.2. The standard InChI is InChI=1S/C15H13Cl3N2O/c16-15(17,18)14(19-12-9-5-2-6-10-12)20-13(21)11-7-3-1-4-8-11/h1-10,14,19H,(H,20,21). The summed E-state index contributed by atoms with van der Waals surface area (Å²) in [6.07, 6.45) is -0.863. The summed E-state index contributed by atoms with van der Waals surface area (Å²) in [6, 6.07) is 17.9. The highest BCUT2D eigenvalue weighted by atomic mass is 35.6. The minimum atomic E-state index is -1.69. The summed E-state index contributed by atoms with van der Waals surface area (Å²) in [5, 5.41) is 5.67. The molecule has 2 rings (SSSR count). The molecule has 0 aliphatic heterocycles. The molecule has 0 radical (unpaired) electrons. The van der Waals surface area contributed by atoms with E-state index in [0.29, 0.717) is 5.56 Å². The fraction of sp³-hybridized carbons (Fsp3) is 0.133. The van der Waals surface area contributed by atoms with Crippen molar-refractivity contribution in [2.75, 3.05) is 5.32 Å². The van der Waals surface area contributed by atoms with E-state index < -0.39 is 9.96 Å². The quantitative estimate of drug-likeness (QED) is 0.644. The van der Waals surface area contributed by atoms with Crippen molar-refractivity contribution in [3.8, 4) is 0 Å². The highest BCUT2D eigenvalue weighted by molar-refractivity contribution is 6.68. The lowest BCUT2D eigenvalue weighted by atomic mass is 10.2. The van der Waals surface area contributed by atoms with Crippen molar-refractivity contribution in [2.45, 2.75) is 9.96 Å². The van der Waals surface area contributed by atoms with Crippen molar-refractivity contribution in [3.63, 3.8) is 0 Å². The summed E-state index contributed by atoms with van der Waals surface area (Å²) in [5.74, 6) is -0.324. The largest absolute Gasteiger partial charge is 0.362 e. The Bertz CT molecular complexity index is 585. The molecule has 0 saturated heterocycles. The van der Waals surface area contributed by atoms with Gasteiger partial charge in [-0.15, -0.1) is 0 Å². The Labute approximate surface area is 138 Å². The molecule has 0 aliphatic carbocycles. The van der Waals surface area contributed by atoms with Crippen LogP contribution in [0.1, 0.15) is 10.4 Å². The monoisotopic (exact) mass is 342 g/mol. The van der Waals surface area contributed by atoms with Gasteiger partial charge < -0.3 is 10.6 Å². The highest BCUT2D eigenvalue weighted by Gasteiger charge is 2.34. The van der Waals surface area contributed by atoms with Crippen LogP contribution in [-0.2, 0) is 0 Å². The van der Waals surface area contributed by atoms with Gasteiger partial charge in [0, 0.05) is 11.3 Å². The Balaban J connectivity index is 2.12. The number of nitrogens with one attached hydrogen (secondary N) is 2. The minimum absolute atomic E-state index is 0.324. The molecule has 0 heterocycles. The third-order valence-electron chi connectivity index (χ3n) is 2.72. The molecule has 0 saturated carbocycles. The molecule has 2 aromatic carbocycles. The highest BCUT2D eigenvalue weighted by Crippen LogP contribution is 2.31. The summed E-state index contributed by atoms with van der Waals surface area (Å²) in [7, 11) is 0.